The zero-order valence-electron chi connectivity index (χ0n) is 20.9. The summed E-state index contributed by atoms with van der Waals surface area (Å²) in [6, 6.07) is -5.15. The van der Waals surface area contributed by atoms with Crippen LogP contribution in [0.15, 0.2) is 17.5 Å². The van der Waals surface area contributed by atoms with E-state index in [4.69, 9.17) is 17.2 Å². The van der Waals surface area contributed by atoms with Gasteiger partial charge in [0.15, 0.2) is 5.96 Å². The number of carboxylic acids is 2. The smallest absolute Gasteiger partial charge is 0.326 e. The van der Waals surface area contributed by atoms with Crippen molar-refractivity contribution in [3.05, 3.63) is 18.2 Å². The van der Waals surface area contributed by atoms with Crippen molar-refractivity contribution >= 4 is 47.4 Å². The van der Waals surface area contributed by atoms with Crippen LogP contribution in [0.25, 0.3) is 0 Å². The highest BCUT2D eigenvalue weighted by Crippen LogP contribution is 2.06. The van der Waals surface area contributed by atoms with Gasteiger partial charge in [0.05, 0.1) is 18.8 Å². The topological polar surface area (TPSA) is 281 Å². The van der Waals surface area contributed by atoms with E-state index >= 15 is 0 Å². The molecule has 38 heavy (non-hydrogen) atoms. The number of H-pyrrole nitrogens is 1. The normalized spacial score (nSPS) is 13.8. The zero-order valence-corrected chi connectivity index (χ0v) is 21.7. The van der Waals surface area contributed by atoms with Gasteiger partial charge in [-0.15, -0.1) is 0 Å². The number of nitrogens with one attached hydrogen (secondary N) is 4. The standard InChI is InChI=1S/C21H35N9O7S/c1-38-6-4-14(20(36)37)29-18(34)13(3-2-5-26-21(23)24)28-19(35)15(8-16(31)32)30-17(33)12(22)7-11-9-25-10-27-11/h9-10,12-15H,2-8,22H2,1H3,(H,25,27)(H,28,35)(H,29,34)(H,30,33)(H,31,32)(H,36,37)(H4,23,24,26). The number of carbonyl (C=O) groups is 5. The van der Waals surface area contributed by atoms with Crippen LogP contribution in [-0.2, 0) is 30.4 Å². The molecular weight excluding hydrogens is 522 g/mol. The van der Waals surface area contributed by atoms with Crippen LogP contribution in [0.4, 0.5) is 0 Å². The highest BCUT2D eigenvalue weighted by Gasteiger charge is 2.31. The number of thioether (sulfide) groups is 1. The van der Waals surface area contributed by atoms with Crippen molar-refractivity contribution in [2.75, 3.05) is 18.6 Å². The molecule has 1 rings (SSSR count). The molecule has 0 radical (unpaired) electrons. The summed E-state index contributed by atoms with van der Waals surface area (Å²) in [5, 5.41) is 25.8. The summed E-state index contributed by atoms with van der Waals surface area (Å²) in [6.45, 7) is 0.120. The minimum atomic E-state index is -1.56. The molecule has 0 aliphatic heterocycles. The molecule has 12 N–H and O–H groups in total. The molecule has 0 saturated heterocycles. The number of carbonyl (C=O) groups excluding carboxylic acids is 3. The first-order chi connectivity index (χ1) is 17.9. The Morgan fingerprint density at radius 3 is 2.21 bits per heavy atom. The minimum Gasteiger partial charge on any atom is -0.481 e. The van der Waals surface area contributed by atoms with Gasteiger partial charge >= 0.3 is 11.9 Å². The van der Waals surface area contributed by atoms with Crippen LogP contribution in [-0.4, -0.2) is 98.5 Å². The van der Waals surface area contributed by atoms with E-state index in [-0.39, 0.29) is 38.2 Å². The molecule has 17 heteroatoms. The SMILES string of the molecule is CSCCC(NC(=O)C(CCCN=C(N)N)NC(=O)C(CC(=O)O)NC(=O)C(N)Cc1cnc[nH]1)C(=O)O. The lowest BCUT2D eigenvalue weighted by atomic mass is 10.1. The summed E-state index contributed by atoms with van der Waals surface area (Å²) in [5.74, 6) is -4.90. The zero-order chi connectivity index (χ0) is 28.7. The first kappa shape index (κ1) is 32.2. The second kappa shape index (κ2) is 16.8. The molecule has 1 heterocycles. The number of carboxylic acid groups (broad SMARTS) is 2. The number of hydrogen-bond donors (Lipinski definition) is 9. The number of aromatic amines is 1. The van der Waals surface area contributed by atoms with Crippen LogP contribution in [0.3, 0.4) is 0 Å². The number of rotatable bonds is 18. The molecule has 0 bridgehead atoms. The predicted octanol–water partition coefficient (Wildman–Crippen LogP) is -2.90. The molecule has 0 spiro atoms. The fourth-order valence-corrected chi connectivity index (χ4v) is 3.67. The summed E-state index contributed by atoms with van der Waals surface area (Å²) in [7, 11) is 0. The van der Waals surface area contributed by atoms with Crippen LogP contribution in [0.1, 0.15) is 31.4 Å². The molecule has 212 valence electrons. The van der Waals surface area contributed by atoms with Gasteiger partial charge in [-0.3, -0.25) is 24.2 Å². The van der Waals surface area contributed by atoms with Crippen molar-refractivity contribution in [3.63, 3.8) is 0 Å². The van der Waals surface area contributed by atoms with Crippen LogP contribution in [0, 0.1) is 0 Å². The van der Waals surface area contributed by atoms with Gasteiger partial charge in [0, 0.05) is 24.9 Å². The predicted molar refractivity (Wildman–Crippen MR) is 139 cm³/mol. The van der Waals surface area contributed by atoms with Crippen molar-refractivity contribution in [2.24, 2.45) is 22.2 Å². The number of hydrogen-bond acceptors (Lipinski definition) is 9. The molecule has 4 atom stereocenters. The van der Waals surface area contributed by atoms with Gasteiger partial charge in [-0.05, 0) is 31.3 Å². The monoisotopic (exact) mass is 557 g/mol. The number of imidazole rings is 1. The summed E-state index contributed by atoms with van der Waals surface area (Å²) >= 11 is 1.40. The number of aromatic nitrogens is 2. The Bertz CT molecular complexity index is 970. The lowest BCUT2D eigenvalue weighted by molar-refractivity contribution is -0.143. The molecule has 0 saturated carbocycles. The summed E-state index contributed by atoms with van der Waals surface area (Å²) in [4.78, 5) is 71.8. The Morgan fingerprint density at radius 2 is 1.66 bits per heavy atom. The Kier molecular flexibility index (Phi) is 14.2. The van der Waals surface area contributed by atoms with Crippen LogP contribution in [0.2, 0.25) is 0 Å². The van der Waals surface area contributed by atoms with E-state index in [1.165, 1.54) is 24.3 Å². The minimum absolute atomic E-state index is 0.00367. The average molecular weight is 558 g/mol. The summed E-state index contributed by atoms with van der Waals surface area (Å²) in [6.07, 6.45) is 4.27. The fraction of sp³-hybridized carbons (Fsp3) is 0.571. The van der Waals surface area contributed by atoms with Crippen molar-refractivity contribution in [3.8, 4) is 0 Å². The van der Waals surface area contributed by atoms with E-state index in [1.807, 2.05) is 0 Å². The van der Waals surface area contributed by atoms with Gasteiger partial charge in [0.25, 0.3) is 0 Å². The Morgan fingerprint density at radius 1 is 1.03 bits per heavy atom. The number of guanidine groups is 1. The maximum Gasteiger partial charge on any atom is 0.326 e. The number of aliphatic imine (C=N–C) groups is 1. The fourth-order valence-electron chi connectivity index (χ4n) is 3.20. The summed E-state index contributed by atoms with van der Waals surface area (Å²) in [5.41, 5.74) is 17.0. The Balaban J connectivity index is 2.99. The number of amides is 3. The first-order valence-electron chi connectivity index (χ1n) is 11.6. The molecule has 16 nitrogen and oxygen atoms in total. The second-order valence-electron chi connectivity index (χ2n) is 8.24. The first-order valence-corrected chi connectivity index (χ1v) is 13.0. The largest absolute Gasteiger partial charge is 0.481 e. The van der Waals surface area contributed by atoms with E-state index in [0.717, 1.165) is 0 Å². The van der Waals surface area contributed by atoms with Gasteiger partial charge in [-0.25, -0.2) is 9.78 Å². The van der Waals surface area contributed by atoms with E-state index in [0.29, 0.717) is 11.4 Å². The third-order valence-electron chi connectivity index (χ3n) is 5.15. The van der Waals surface area contributed by atoms with Crippen molar-refractivity contribution in [1.29, 1.82) is 0 Å². The molecule has 1 aromatic rings. The van der Waals surface area contributed by atoms with Crippen molar-refractivity contribution in [1.82, 2.24) is 25.9 Å². The molecule has 0 fully saturated rings. The second-order valence-corrected chi connectivity index (χ2v) is 9.22. The Labute approximate surface area is 223 Å². The molecule has 1 aromatic heterocycles. The molecule has 0 aliphatic rings. The van der Waals surface area contributed by atoms with Gasteiger partial charge < -0.3 is 48.3 Å². The molecule has 0 aliphatic carbocycles. The van der Waals surface area contributed by atoms with E-state index in [2.05, 4.69) is 30.9 Å². The maximum absolute atomic E-state index is 13.0. The maximum atomic E-state index is 13.0. The lowest BCUT2D eigenvalue weighted by Gasteiger charge is -2.24. The van der Waals surface area contributed by atoms with Crippen molar-refractivity contribution < 1.29 is 34.2 Å². The highest BCUT2D eigenvalue weighted by molar-refractivity contribution is 7.98. The van der Waals surface area contributed by atoms with Crippen LogP contribution >= 0.6 is 11.8 Å². The Hall–Kier alpha value is -3.86. The molecule has 4 unspecified atom stereocenters. The van der Waals surface area contributed by atoms with E-state index in [9.17, 15) is 34.2 Å². The van der Waals surface area contributed by atoms with E-state index in [1.54, 1.807) is 6.26 Å². The number of nitrogens with two attached hydrogens (primary N) is 3. The van der Waals surface area contributed by atoms with Gasteiger partial charge in [0.2, 0.25) is 17.7 Å². The average Bonchev–Trinajstić information content (AvgIpc) is 3.35. The summed E-state index contributed by atoms with van der Waals surface area (Å²) < 4.78 is 0. The number of nitrogens with zero attached hydrogens (tertiary/aromatic N) is 2. The van der Waals surface area contributed by atoms with Crippen LogP contribution in [0.5, 0.6) is 0 Å². The van der Waals surface area contributed by atoms with Gasteiger partial charge in [0.1, 0.15) is 18.1 Å². The van der Waals surface area contributed by atoms with E-state index < -0.39 is 60.2 Å². The molecule has 0 aromatic carbocycles. The number of aliphatic carboxylic acids is 2. The lowest BCUT2D eigenvalue weighted by Crippen LogP contribution is -2.57. The highest BCUT2D eigenvalue weighted by atomic mass is 32.2. The molecular formula is C21H35N9O7S. The quantitative estimate of drug-likeness (QED) is 0.0499. The third kappa shape index (κ3) is 12.4. The third-order valence-corrected chi connectivity index (χ3v) is 5.79. The molecule has 3 amide bonds. The van der Waals surface area contributed by atoms with Gasteiger partial charge in [-0.2, -0.15) is 11.8 Å². The van der Waals surface area contributed by atoms with Crippen molar-refractivity contribution in [2.45, 2.75) is 56.3 Å². The van der Waals surface area contributed by atoms with Gasteiger partial charge in [-0.1, -0.05) is 0 Å². The van der Waals surface area contributed by atoms with Crippen LogP contribution < -0.4 is 33.2 Å².